The number of aromatic amines is 1. The molecule has 144 valence electrons. The molecule has 0 aliphatic heterocycles. The number of nitrogens with zero attached hydrogens (tertiary/aromatic N) is 4. The molecule has 3 aromatic heterocycles. The van der Waals surface area contributed by atoms with E-state index >= 15 is 0 Å². The Kier molecular flexibility index (Phi) is 4.89. The van der Waals surface area contributed by atoms with E-state index in [1.165, 1.54) is 18.7 Å². The Morgan fingerprint density at radius 3 is 2.54 bits per heavy atom. The maximum Gasteiger partial charge on any atom is 0.192 e. The fourth-order valence-corrected chi connectivity index (χ4v) is 4.37. The summed E-state index contributed by atoms with van der Waals surface area (Å²) in [6.07, 6.45) is 5.66. The van der Waals surface area contributed by atoms with Gasteiger partial charge >= 0.3 is 0 Å². The van der Waals surface area contributed by atoms with Crippen molar-refractivity contribution < 1.29 is 9.59 Å². The minimum atomic E-state index is -0.0473. The van der Waals surface area contributed by atoms with Gasteiger partial charge in [0.15, 0.2) is 22.5 Å². The standard InChI is InChI=1S/C20H21N5O2S/c1-11-17(13(3)26)12(2)22-18(11)16(27)10-28-20-24-23-19(25(20)15-4-5-15)14-6-8-21-9-7-14/h6-9,15,22H,4-5,10H2,1-3H3. The number of rotatable bonds is 7. The summed E-state index contributed by atoms with van der Waals surface area (Å²) in [6.45, 7) is 5.15. The second kappa shape index (κ2) is 7.35. The Morgan fingerprint density at radius 2 is 1.93 bits per heavy atom. The Balaban J connectivity index is 1.56. The molecule has 1 aliphatic carbocycles. The molecule has 0 amide bonds. The minimum absolute atomic E-state index is 0.0339. The number of carbonyl (C=O) groups is 2. The summed E-state index contributed by atoms with van der Waals surface area (Å²) in [5.74, 6) is 0.965. The van der Waals surface area contributed by atoms with Crippen LogP contribution >= 0.6 is 11.8 Å². The average Bonchev–Trinajstić information content (AvgIpc) is 3.35. The molecule has 1 saturated carbocycles. The maximum absolute atomic E-state index is 12.8. The number of hydrogen-bond donors (Lipinski definition) is 1. The summed E-state index contributed by atoms with van der Waals surface area (Å²) in [6, 6.07) is 4.21. The van der Waals surface area contributed by atoms with Gasteiger partial charge in [0.05, 0.1) is 11.4 Å². The van der Waals surface area contributed by atoms with Crippen LogP contribution in [-0.4, -0.2) is 42.1 Å². The second-order valence-electron chi connectivity index (χ2n) is 7.04. The Bertz CT molecular complexity index is 1050. The van der Waals surface area contributed by atoms with Gasteiger partial charge in [0.2, 0.25) is 0 Å². The van der Waals surface area contributed by atoms with Gasteiger partial charge in [-0.25, -0.2) is 0 Å². The molecule has 7 nitrogen and oxygen atoms in total. The Labute approximate surface area is 167 Å². The van der Waals surface area contributed by atoms with Crippen molar-refractivity contribution in [3.8, 4) is 11.4 Å². The first-order chi connectivity index (χ1) is 13.5. The maximum atomic E-state index is 12.8. The first-order valence-corrected chi connectivity index (χ1v) is 10.2. The highest BCUT2D eigenvalue weighted by Crippen LogP contribution is 2.41. The molecule has 1 fully saturated rings. The fourth-order valence-electron chi connectivity index (χ4n) is 3.49. The normalized spacial score (nSPS) is 13.7. The van der Waals surface area contributed by atoms with Crippen LogP contribution in [0.15, 0.2) is 29.7 Å². The molecule has 28 heavy (non-hydrogen) atoms. The van der Waals surface area contributed by atoms with Crippen molar-refractivity contribution in [3.05, 3.63) is 47.0 Å². The van der Waals surface area contributed by atoms with E-state index in [0.29, 0.717) is 17.3 Å². The zero-order valence-electron chi connectivity index (χ0n) is 16.0. The number of aryl methyl sites for hydroxylation is 1. The molecule has 0 radical (unpaired) electrons. The molecular formula is C20H21N5O2S. The Morgan fingerprint density at radius 1 is 1.21 bits per heavy atom. The van der Waals surface area contributed by atoms with Crippen molar-refractivity contribution in [3.63, 3.8) is 0 Å². The van der Waals surface area contributed by atoms with Crippen molar-refractivity contribution in [1.29, 1.82) is 0 Å². The van der Waals surface area contributed by atoms with Crippen LogP contribution in [0.25, 0.3) is 11.4 Å². The van der Waals surface area contributed by atoms with E-state index in [1.807, 2.05) is 26.0 Å². The Hall–Kier alpha value is -2.74. The zero-order valence-corrected chi connectivity index (χ0v) is 16.8. The van der Waals surface area contributed by atoms with Crippen LogP contribution in [0, 0.1) is 13.8 Å². The van der Waals surface area contributed by atoms with E-state index in [-0.39, 0.29) is 17.3 Å². The summed E-state index contributed by atoms with van der Waals surface area (Å²) in [7, 11) is 0. The summed E-state index contributed by atoms with van der Waals surface area (Å²) in [5, 5.41) is 9.44. The summed E-state index contributed by atoms with van der Waals surface area (Å²) in [5.41, 5.74) is 3.53. The van der Waals surface area contributed by atoms with Gasteiger partial charge < -0.3 is 4.98 Å². The van der Waals surface area contributed by atoms with E-state index < -0.39 is 0 Å². The quantitative estimate of drug-likeness (QED) is 0.483. The number of pyridine rings is 1. The summed E-state index contributed by atoms with van der Waals surface area (Å²) >= 11 is 1.39. The lowest BCUT2D eigenvalue weighted by molar-refractivity contribution is 0.101. The predicted molar refractivity (Wildman–Crippen MR) is 107 cm³/mol. The number of carbonyl (C=O) groups excluding carboxylic acids is 2. The molecule has 0 atom stereocenters. The van der Waals surface area contributed by atoms with Crippen LogP contribution in [0.1, 0.15) is 57.9 Å². The van der Waals surface area contributed by atoms with Crippen molar-refractivity contribution in [2.24, 2.45) is 0 Å². The molecule has 4 rings (SSSR count). The SMILES string of the molecule is CC(=O)c1c(C)[nH]c(C(=O)CSc2nnc(-c3ccncc3)n2C2CC2)c1C. The average molecular weight is 395 g/mol. The number of thioether (sulfide) groups is 1. The monoisotopic (exact) mass is 395 g/mol. The van der Waals surface area contributed by atoms with Gasteiger partial charge in [0.25, 0.3) is 0 Å². The molecule has 1 N–H and O–H groups in total. The van der Waals surface area contributed by atoms with Crippen LogP contribution in [0.3, 0.4) is 0 Å². The third-order valence-corrected chi connectivity index (χ3v) is 5.86. The van der Waals surface area contributed by atoms with Gasteiger partial charge in [0, 0.05) is 35.3 Å². The van der Waals surface area contributed by atoms with Crippen LogP contribution in [0.5, 0.6) is 0 Å². The predicted octanol–water partition coefficient (Wildman–Crippen LogP) is 3.80. The van der Waals surface area contributed by atoms with Gasteiger partial charge in [0.1, 0.15) is 0 Å². The van der Waals surface area contributed by atoms with Gasteiger partial charge in [-0.1, -0.05) is 11.8 Å². The van der Waals surface area contributed by atoms with Gasteiger partial charge in [-0.15, -0.1) is 10.2 Å². The van der Waals surface area contributed by atoms with Crippen molar-refractivity contribution in [2.45, 2.75) is 44.8 Å². The lowest BCUT2D eigenvalue weighted by Crippen LogP contribution is -2.07. The number of nitrogens with one attached hydrogen (secondary N) is 1. The molecule has 3 aromatic rings. The van der Waals surface area contributed by atoms with Gasteiger partial charge in [-0.2, -0.15) is 0 Å². The molecule has 0 unspecified atom stereocenters. The minimum Gasteiger partial charge on any atom is -0.355 e. The van der Waals surface area contributed by atoms with E-state index in [0.717, 1.165) is 40.6 Å². The highest BCUT2D eigenvalue weighted by Gasteiger charge is 2.30. The van der Waals surface area contributed by atoms with Crippen LogP contribution < -0.4 is 0 Å². The topological polar surface area (TPSA) is 93.5 Å². The first kappa shape index (κ1) is 18.6. The highest BCUT2D eigenvalue weighted by atomic mass is 32.2. The fraction of sp³-hybridized carbons (Fsp3) is 0.350. The van der Waals surface area contributed by atoms with Gasteiger partial charge in [-0.05, 0) is 51.3 Å². The van der Waals surface area contributed by atoms with Crippen molar-refractivity contribution in [1.82, 2.24) is 24.7 Å². The molecule has 0 aromatic carbocycles. The van der Waals surface area contributed by atoms with Crippen LogP contribution in [0.2, 0.25) is 0 Å². The lowest BCUT2D eigenvalue weighted by Gasteiger charge is -2.08. The highest BCUT2D eigenvalue weighted by molar-refractivity contribution is 7.99. The second-order valence-corrected chi connectivity index (χ2v) is 7.98. The van der Waals surface area contributed by atoms with E-state index in [4.69, 9.17) is 0 Å². The largest absolute Gasteiger partial charge is 0.355 e. The molecule has 0 saturated heterocycles. The molecular weight excluding hydrogens is 374 g/mol. The number of Topliss-reactive ketones (excluding diaryl/α,β-unsaturated/α-hetero) is 2. The smallest absolute Gasteiger partial charge is 0.192 e. The van der Waals surface area contributed by atoms with Crippen molar-refractivity contribution >= 4 is 23.3 Å². The van der Waals surface area contributed by atoms with E-state index in [2.05, 4.69) is 24.7 Å². The molecule has 8 heteroatoms. The van der Waals surface area contributed by atoms with E-state index in [9.17, 15) is 9.59 Å². The van der Waals surface area contributed by atoms with Gasteiger partial charge in [-0.3, -0.25) is 19.1 Å². The van der Waals surface area contributed by atoms with Crippen LogP contribution in [0.4, 0.5) is 0 Å². The summed E-state index contributed by atoms with van der Waals surface area (Å²) < 4.78 is 2.13. The molecule has 0 bridgehead atoms. The van der Waals surface area contributed by atoms with Crippen LogP contribution in [-0.2, 0) is 0 Å². The van der Waals surface area contributed by atoms with E-state index in [1.54, 1.807) is 12.4 Å². The number of ketones is 2. The molecule has 0 spiro atoms. The third kappa shape index (κ3) is 3.40. The summed E-state index contributed by atoms with van der Waals surface area (Å²) in [4.78, 5) is 31.7. The third-order valence-electron chi connectivity index (χ3n) is 4.92. The number of aromatic nitrogens is 5. The first-order valence-electron chi connectivity index (χ1n) is 9.18. The molecule has 3 heterocycles. The van der Waals surface area contributed by atoms with Crippen molar-refractivity contribution in [2.75, 3.05) is 5.75 Å². The number of H-pyrrole nitrogens is 1. The number of hydrogen-bond acceptors (Lipinski definition) is 6. The molecule has 1 aliphatic rings. The lowest BCUT2D eigenvalue weighted by atomic mass is 10.1. The zero-order chi connectivity index (χ0) is 19.8.